The van der Waals surface area contributed by atoms with Crippen molar-refractivity contribution in [1.82, 2.24) is 4.90 Å². The molecule has 0 aromatic rings. The summed E-state index contributed by atoms with van der Waals surface area (Å²) in [5.74, 6) is -0.148. The van der Waals surface area contributed by atoms with Crippen LogP contribution in [0, 0.1) is 0 Å². The third-order valence-corrected chi connectivity index (χ3v) is 2.78. The second kappa shape index (κ2) is 7.16. The summed E-state index contributed by atoms with van der Waals surface area (Å²) >= 11 is 0. The standard InChI is InChI=1S/C7H15NO4S.Na.H/c9-13(10,11)7-1-2-8-3-5-12-6-4-8;;/h1-7H2,(H,9,10,11);;. The molecule has 80 valence electrons. The van der Waals surface area contributed by atoms with Crippen LogP contribution in [0.5, 0.6) is 0 Å². The van der Waals surface area contributed by atoms with Gasteiger partial charge in [-0.05, 0) is 13.0 Å². The average Bonchev–Trinajstić information content (AvgIpc) is 2.04. The fraction of sp³-hybridized carbons (Fsp3) is 1.00. The summed E-state index contributed by atoms with van der Waals surface area (Å²) in [5.41, 5.74) is 0. The molecule has 0 bridgehead atoms. The molecule has 1 saturated heterocycles. The van der Waals surface area contributed by atoms with E-state index in [1.807, 2.05) is 0 Å². The first-order valence-corrected chi connectivity index (χ1v) is 5.94. The van der Waals surface area contributed by atoms with E-state index >= 15 is 0 Å². The molecule has 1 fully saturated rings. The van der Waals surface area contributed by atoms with Crippen LogP contribution in [0.1, 0.15) is 6.42 Å². The van der Waals surface area contributed by atoms with Crippen molar-refractivity contribution in [2.24, 2.45) is 0 Å². The summed E-state index contributed by atoms with van der Waals surface area (Å²) in [5, 5.41) is 0. The van der Waals surface area contributed by atoms with Crippen LogP contribution >= 0.6 is 0 Å². The van der Waals surface area contributed by atoms with Crippen LogP contribution in [-0.2, 0) is 14.9 Å². The van der Waals surface area contributed by atoms with Gasteiger partial charge in [-0.2, -0.15) is 8.42 Å². The van der Waals surface area contributed by atoms with Gasteiger partial charge in [0.15, 0.2) is 0 Å². The minimum atomic E-state index is -3.78. The maximum absolute atomic E-state index is 10.4. The molecule has 0 aliphatic carbocycles. The van der Waals surface area contributed by atoms with Gasteiger partial charge in [0.2, 0.25) is 0 Å². The Kier molecular flexibility index (Phi) is 7.59. The number of rotatable bonds is 4. The van der Waals surface area contributed by atoms with E-state index in [-0.39, 0.29) is 35.3 Å². The summed E-state index contributed by atoms with van der Waals surface area (Å²) < 4.78 is 34.4. The molecule has 7 heteroatoms. The van der Waals surface area contributed by atoms with Crippen molar-refractivity contribution in [3.05, 3.63) is 0 Å². The first-order valence-electron chi connectivity index (χ1n) is 4.33. The molecule has 0 aromatic carbocycles. The predicted molar refractivity (Wildman–Crippen MR) is 55.4 cm³/mol. The fourth-order valence-corrected chi connectivity index (χ4v) is 1.79. The van der Waals surface area contributed by atoms with Crippen molar-refractivity contribution in [2.45, 2.75) is 6.42 Å². The van der Waals surface area contributed by atoms with Gasteiger partial charge in [0, 0.05) is 13.1 Å². The number of nitrogens with zero attached hydrogens (tertiary/aromatic N) is 1. The van der Waals surface area contributed by atoms with E-state index in [1.165, 1.54) is 0 Å². The zero-order valence-electron chi connectivity index (χ0n) is 7.48. The van der Waals surface area contributed by atoms with Gasteiger partial charge in [-0.25, -0.2) is 0 Å². The normalized spacial score (nSPS) is 18.9. The Morgan fingerprint density at radius 3 is 2.36 bits per heavy atom. The van der Waals surface area contributed by atoms with Crippen LogP contribution in [0.4, 0.5) is 0 Å². The van der Waals surface area contributed by atoms with Crippen molar-refractivity contribution < 1.29 is 17.7 Å². The zero-order chi connectivity index (χ0) is 9.73. The monoisotopic (exact) mass is 233 g/mol. The number of ether oxygens (including phenoxy) is 1. The Morgan fingerprint density at radius 2 is 1.86 bits per heavy atom. The quantitative estimate of drug-likeness (QED) is 0.495. The number of hydrogen-bond donors (Lipinski definition) is 1. The van der Waals surface area contributed by atoms with Crippen LogP contribution in [0.2, 0.25) is 0 Å². The molecule has 1 aliphatic rings. The van der Waals surface area contributed by atoms with Gasteiger partial charge in [-0.3, -0.25) is 9.45 Å². The van der Waals surface area contributed by atoms with E-state index in [0.29, 0.717) is 26.2 Å². The predicted octanol–water partition coefficient (Wildman–Crippen LogP) is -1.05. The summed E-state index contributed by atoms with van der Waals surface area (Å²) in [4.78, 5) is 2.13. The van der Waals surface area contributed by atoms with E-state index in [4.69, 9.17) is 9.29 Å². The third-order valence-electron chi connectivity index (χ3n) is 1.98. The van der Waals surface area contributed by atoms with E-state index in [1.54, 1.807) is 0 Å². The number of morpholine rings is 1. The van der Waals surface area contributed by atoms with Gasteiger partial charge < -0.3 is 4.74 Å². The molecule has 1 rings (SSSR count). The third kappa shape index (κ3) is 7.17. The second-order valence-electron chi connectivity index (χ2n) is 3.09. The Balaban J connectivity index is 0.00000169. The van der Waals surface area contributed by atoms with Gasteiger partial charge in [0.05, 0.1) is 19.0 Å². The molecule has 14 heavy (non-hydrogen) atoms. The van der Waals surface area contributed by atoms with Crippen molar-refractivity contribution in [1.29, 1.82) is 0 Å². The molecule has 1 N–H and O–H groups in total. The molecule has 0 atom stereocenters. The van der Waals surface area contributed by atoms with Gasteiger partial charge >= 0.3 is 29.6 Å². The molecule has 0 aromatic heterocycles. The minimum absolute atomic E-state index is 0. The summed E-state index contributed by atoms with van der Waals surface area (Å²) in [7, 11) is -3.78. The van der Waals surface area contributed by atoms with Crippen LogP contribution in [0.3, 0.4) is 0 Å². The van der Waals surface area contributed by atoms with Crippen molar-refractivity contribution in [2.75, 3.05) is 38.6 Å². The van der Waals surface area contributed by atoms with Gasteiger partial charge in [0.25, 0.3) is 10.1 Å². The van der Waals surface area contributed by atoms with E-state index in [0.717, 1.165) is 13.1 Å². The Bertz CT molecular complexity index is 238. The molecule has 5 nitrogen and oxygen atoms in total. The summed E-state index contributed by atoms with van der Waals surface area (Å²) in [6, 6.07) is 0. The van der Waals surface area contributed by atoms with E-state index in [9.17, 15) is 8.42 Å². The molecular weight excluding hydrogens is 217 g/mol. The molecular formula is C7H16NNaO4S. The maximum atomic E-state index is 10.4. The van der Waals surface area contributed by atoms with Crippen LogP contribution in [-0.4, -0.2) is 86.0 Å². The molecule has 1 heterocycles. The SMILES string of the molecule is O=S(=O)(O)CCCN1CCOCC1.[NaH]. The van der Waals surface area contributed by atoms with Gasteiger partial charge in [0.1, 0.15) is 0 Å². The second-order valence-corrected chi connectivity index (χ2v) is 4.67. The molecule has 1 aliphatic heterocycles. The first kappa shape index (κ1) is 14.8. The Hall–Kier alpha value is 0.830. The summed E-state index contributed by atoms with van der Waals surface area (Å²) in [6.07, 6.45) is 0.485. The van der Waals surface area contributed by atoms with E-state index in [2.05, 4.69) is 4.90 Å². The Labute approximate surface area is 107 Å². The number of hydrogen-bond acceptors (Lipinski definition) is 4. The van der Waals surface area contributed by atoms with Crippen molar-refractivity contribution in [3.63, 3.8) is 0 Å². The average molecular weight is 233 g/mol. The summed E-state index contributed by atoms with van der Waals surface area (Å²) in [6.45, 7) is 3.85. The first-order chi connectivity index (χ1) is 6.08. The Morgan fingerprint density at radius 1 is 1.29 bits per heavy atom. The molecule has 0 amide bonds. The van der Waals surface area contributed by atoms with Crippen molar-refractivity contribution >= 4 is 39.7 Å². The van der Waals surface area contributed by atoms with Gasteiger partial charge in [-0.15, -0.1) is 0 Å². The van der Waals surface area contributed by atoms with E-state index < -0.39 is 10.1 Å². The molecule has 0 radical (unpaired) electrons. The fourth-order valence-electron chi connectivity index (χ4n) is 1.30. The zero-order valence-corrected chi connectivity index (χ0v) is 8.29. The van der Waals surface area contributed by atoms with Crippen molar-refractivity contribution in [3.8, 4) is 0 Å². The van der Waals surface area contributed by atoms with Crippen LogP contribution in [0.15, 0.2) is 0 Å². The van der Waals surface area contributed by atoms with Gasteiger partial charge in [-0.1, -0.05) is 0 Å². The topological polar surface area (TPSA) is 66.8 Å². The molecule has 0 saturated carbocycles. The van der Waals surface area contributed by atoms with Crippen LogP contribution in [0.25, 0.3) is 0 Å². The molecule has 0 unspecified atom stereocenters. The van der Waals surface area contributed by atoms with Crippen LogP contribution < -0.4 is 0 Å². The molecule has 0 spiro atoms.